The third-order valence-electron chi connectivity index (χ3n) is 4.73. The molecule has 0 bridgehead atoms. The minimum atomic E-state index is -0.285. The van der Waals surface area contributed by atoms with E-state index >= 15 is 0 Å². The van der Waals surface area contributed by atoms with E-state index in [9.17, 15) is 14.4 Å². The number of thiazole rings is 1. The number of hydrogen-bond acceptors (Lipinski definition) is 6. The Morgan fingerprint density at radius 2 is 1.83 bits per heavy atom. The Balaban J connectivity index is 1.26. The Labute approximate surface area is 176 Å². The number of thiophene rings is 1. The fourth-order valence-electron chi connectivity index (χ4n) is 3.20. The Morgan fingerprint density at radius 3 is 2.48 bits per heavy atom. The third-order valence-corrected chi connectivity index (χ3v) is 6.93. The highest BCUT2D eigenvalue weighted by Gasteiger charge is 2.34. The molecule has 3 amide bonds. The number of fused-ring (bicyclic) bond motifs is 1. The van der Waals surface area contributed by atoms with E-state index < -0.39 is 0 Å². The van der Waals surface area contributed by atoms with E-state index in [2.05, 4.69) is 10.3 Å². The zero-order valence-corrected chi connectivity index (χ0v) is 17.4. The van der Waals surface area contributed by atoms with Gasteiger partial charge in [-0.25, -0.2) is 4.98 Å². The topological polar surface area (TPSA) is 79.4 Å². The first-order valence-corrected chi connectivity index (χ1v) is 11.0. The van der Waals surface area contributed by atoms with Crippen LogP contribution in [0.15, 0.2) is 41.8 Å². The fourth-order valence-corrected chi connectivity index (χ4v) is 5.00. The number of nitrogens with one attached hydrogen (secondary N) is 1. The molecule has 1 aliphatic rings. The summed E-state index contributed by atoms with van der Waals surface area (Å²) >= 11 is 3.23. The molecule has 29 heavy (non-hydrogen) atoms. The van der Waals surface area contributed by atoms with Crippen LogP contribution in [0.4, 0.5) is 0 Å². The normalized spacial score (nSPS) is 13.1. The number of carbonyl (C=O) groups is 3. The smallest absolute Gasteiger partial charge is 0.261 e. The Morgan fingerprint density at radius 1 is 1.10 bits per heavy atom. The maximum atomic E-state index is 12.3. The van der Waals surface area contributed by atoms with Gasteiger partial charge in [0.15, 0.2) is 0 Å². The summed E-state index contributed by atoms with van der Waals surface area (Å²) in [4.78, 5) is 44.8. The van der Waals surface area contributed by atoms with Gasteiger partial charge in [-0.1, -0.05) is 18.2 Å². The van der Waals surface area contributed by atoms with Gasteiger partial charge in [0.05, 0.1) is 28.2 Å². The van der Waals surface area contributed by atoms with Gasteiger partial charge >= 0.3 is 0 Å². The predicted octanol–water partition coefficient (Wildman–Crippen LogP) is 3.87. The Hall–Kier alpha value is -2.84. The summed E-state index contributed by atoms with van der Waals surface area (Å²) in [6.07, 6.45) is 0.683. The van der Waals surface area contributed by atoms with Crippen LogP contribution in [0.25, 0.3) is 9.88 Å². The van der Waals surface area contributed by atoms with Crippen molar-refractivity contribution in [1.29, 1.82) is 0 Å². The number of imide groups is 1. The fraction of sp³-hybridized carbons (Fsp3) is 0.238. The molecule has 0 radical (unpaired) electrons. The molecule has 1 N–H and O–H groups in total. The van der Waals surface area contributed by atoms with Crippen molar-refractivity contribution >= 4 is 40.4 Å². The predicted molar refractivity (Wildman–Crippen MR) is 113 cm³/mol. The number of rotatable bonds is 7. The molecule has 0 spiro atoms. The number of aromatic nitrogens is 1. The summed E-state index contributed by atoms with van der Waals surface area (Å²) in [7, 11) is 0. The molecule has 0 atom stereocenters. The van der Waals surface area contributed by atoms with Crippen LogP contribution in [0.3, 0.4) is 0 Å². The first kappa shape index (κ1) is 19.5. The van der Waals surface area contributed by atoms with Crippen LogP contribution in [-0.2, 0) is 11.3 Å². The second-order valence-electron chi connectivity index (χ2n) is 6.69. The molecule has 1 aromatic carbocycles. The number of aryl methyl sites for hydroxylation is 1. The van der Waals surface area contributed by atoms with Crippen molar-refractivity contribution in [2.24, 2.45) is 0 Å². The Kier molecular flexibility index (Phi) is 5.55. The molecule has 6 nitrogen and oxygen atoms in total. The minimum absolute atomic E-state index is 0.105. The van der Waals surface area contributed by atoms with Gasteiger partial charge in [0.25, 0.3) is 11.8 Å². The van der Waals surface area contributed by atoms with Gasteiger partial charge < -0.3 is 5.32 Å². The first-order chi connectivity index (χ1) is 14.0. The monoisotopic (exact) mass is 425 g/mol. The van der Waals surface area contributed by atoms with Gasteiger partial charge in [0, 0.05) is 17.8 Å². The maximum Gasteiger partial charge on any atom is 0.261 e. The largest absolute Gasteiger partial charge is 0.351 e. The molecular weight excluding hydrogens is 406 g/mol. The standard InChI is InChI=1S/C21H19N3O3S2/c1-13-17(29-19(23-13)16-8-5-11-28-16)12-22-18(25)9-4-10-24-20(26)14-6-2-3-7-15(14)21(24)27/h2-3,5-8,11H,4,9-10,12H2,1H3,(H,22,25). The highest BCUT2D eigenvalue weighted by molar-refractivity contribution is 7.21. The van der Waals surface area contributed by atoms with Crippen LogP contribution in [0, 0.1) is 6.92 Å². The molecule has 148 valence electrons. The summed E-state index contributed by atoms with van der Waals surface area (Å²) < 4.78 is 0. The van der Waals surface area contributed by atoms with Crippen LogP contribution >= 0.6 is 22.7 Å². The van der Waals surface area contributed by atoms with E-state index in [1.54, 1.807) is 46.9 Å². The van der Waals surface area contributed by atoms with E-state index in [-0.39, 0.29) is 30.7 Å². The van der Waals surface area contributed by atoms with E-state index in [1.807, 2.05) is 24.4 Å². The average molecular weight is 426 g/mol. The second kappa shape index (κ2) is 8.26. The van der Waals surface area contributed by atoms with Gasteiger partial charge in [-0.05, 0) is 36.9 Å². The number of amides is 3. The van der Waals surface area contributed by atoms with Crippen molar-refractivity contribution in [2.75, 3.05) is 6.54 Å². The molecule has 0 saturated carbocycles. The van der Waals surface area contributed by atoms with Gasteiger partial charge in [-0.15, -0.1) is 22.7 Å². The summed E-state index contributed by atoms with van der Waals surface area (Å²) in [6.45, 7) is 2.61. The summed E-state index contributed by atoms with van der Waals surface area (Å²) in [5.41, 5.74) is 1.79. The molecule has 2 aromatic heterocycles. The second-order valence-corrected chi connectivity index (χ2v) is 8.72. The third kappa shape index (κ3) is 3.99. The summed E-state index contributed by atoms with van der Waals surface area (Å²) in [6, 6.07) is 10.8. The van der Waals surface area contributed by atoms with Gasteiger partial charge in [0.2, 0.25) is 5.91 Å². The molecule has 3 aromatic rings. The maximum absolute atomic E-state index is 12.3. The lowest BCUT2D eigenvalue weighted by Gasteiger charge is -2.13. The molecule has 0 saturated heterocycles. The number of benzene rings is 1. The van der Waals surface area contributed by atoms with E-state index in [0.29, 0.717) is 24.1 Å². The molecule has 8 heteroatoms. The van der Waals surface area contributed by atoms with Crippen LogP contribution < -0.4 is 5.32 Å². The highest BCUT2D eigenvalue weighted by Crippen LogP contribution is 2.31. The van der Waals surface area contributed by atoms with Gasteiger partial charge in [-0.2, -0.15) is 0 Å². The number of nitrogens with zero attached hydrogens (tertiary/aromatic N) is 2. The SMILES string of the molecule is Cc1nc(-c2cccs2)sc1CNC(=O)CCCN1C(=O)c2ccccc2C1=O. The molecular formula is C21H19N3O3S2. The highest BCUT2D eigenvalue weighted by atomic mass is 32.1. The number of hydrogen-bond donors (Lipinski definition) is 1. The average Bonchev–Trinajstić information content (AvgIpc) is 3.43. The first-order valence-electron chi connectivity index (χ1n) is 9.26. The Bertz CT molecular complexity index is 1040. The lowest BCUT2D eigenvalue weighted by atomic mass is 10.1. The van der Waals surface area contributed by atoms with Crippen molar-refractivity contribution in [3.8, 4) is 9.88 Å². The molecule has 1 aliphatic heterocycles. The van der Waals surface area contributed by atoms with E-state index in [4.69, 9.17) is 0 Å². The van der Waals surface area contributed by atoms with E-state index in [0.717, 1.165) is 20.5 Å². The number of carbonyl (C=O) groups excluding carboxylic acids is 3. The van der Waals surface area contributed by atoms with Crippen molar-refractivity contribution < 1.29 is 14.4 Å². The zero-order chi connectivity index (χ0) is 20.4. The minimum Gasteiger partial charge on any atom is -0.351 e. The van der Waals surface area contributed by atoms with Gasteiger partial charge in [-0.3, -0.25) is 19.3 Å². The van der Waals surface area contributed by atoms with Crippen LogP contribution in [-0.4, -0.2) is 34.2 Å². The zero-order valence-electron chi connectivity index (χ0n) is 15.8. The molecule has 3 heterocycles. The van der Waals surface area contributed by atoms with Crippen molar-refractivity contribution in [2.45, 2.75) is 26.3 Å². The summed E-state index contributed by atoms with van der Waals surface area (Å²) in [5, 5.41) is 5.89. The van der Waals surface area contributed by atoms with Gasteiger partial charge in [0.1, 0.15) is 5.01 Å². The molecule has 0 unspecified atom stereocenters. The lowest BCUT2D eigenvalue weighted by molar-refractivity contribution is -0.121. The molecule has 4 rings (SSSR count). The lowest BCUT2D eigenvalue weighted by Crippen LogP contribution is -2.32. The van der Waals surface area contributed by atoms with Crippen molar-refractivity contribution in [1.82, 2.24) is 15.2 Å². The molecule has 0 aliphatic carbocycles. The van der Waals surface area contributed by atoms with Crippen molar-refractivity contribution in [3.63, 3.8) is 0 Å². The van der Waals surface area contributed by atoms with Crippen LogP contribution in [0.2, 0.25) is 0 Å². The summed E-state index contributed by atoms with van der Waals surface area (Å²) in [5.74, 6) is -0.674. The van der Waals surface area contributed by atoms with Crippen LogP contribution in [0.1, 0.15) is 44.1 Å². The van der Waals surface area contributed by atoms with Crippen molar-refractivity contribution in [3.05, 3.63) is 63.5 Å². The quantitative estimate of drug-likeness (QED) is 0.583. The van der Waals surface area contributed by atoms with Crippen LogP contribution in [0.5, 0.6) is 0 Å². The van der Waals surface area contributed by atoms with E-state index in [1.165, 1.54) is 4.90 Å². The molecule has 0 fully saturated rings.